The van der Waals surface area contributed by atoms with Crippen LogP contribution in [0.4, 0.5) is 17.6 Å². The number of aryl methyl sites for hydroxylation is 1. The maximum absolute atomic E-state index is 13.4. The van der Waals surface area contributed by atoms with E-state index in [9.17, 15) is 22.4 Å². The summed E-state index contributed by atoms with van der Waals surface area (Å²) < 4.78 is 59.2. The number of aromatic nitrogens is 3. The number of hydrogen-bond donors (Lipinski definition) is 0. The third kappa shape index (κ3) is 3.97. The van der Waals surface area contributed by atoms with E-state index in [0.717, 1.165) is 18.2 Å². The van der Waals surface area contributed by atoms with Crippen molar-refractivity contribution >= 4 is 11.4 Å². The topological polar surface area (TPSA) is 56.5 Å². The van der Waals surface area contributed by atoms with Crippen LogP contribution in [-0.2, 0) is 19.0 Å². The van der Waals surface area contributed by atoms with Crippen LogP contribution in [-0.4, -0.2) is 26.8 Å². The first-order valence-electron chi connectivity index (χ1n) is 8.63. The van der Waals surface area contributed by atoms with Crippen LogP contribution in [0.25, 0.3) is 5.65 Å². The first kappa shape index (κ1) is 19.8. The lowest BCUT2D eigenvalue weighted by Gasteiger charge is -2.11. The number of nitrogens with zero attached hydrogens (tertiary/aromatic N) is 3. The quantitative estimate of drug-likeness (QED) is 0.462. The lowest BCUT2D eigenvalue weighted by atomic mass is 10.1. The van der Waals surface area contributed by atoms with Crippen molar-refractivity contribution in [1.29, 1.82) is 0 Å². The summed E-state index contributed by atoms with van der Waals surface area (Å²) in [7, 11) is 0. The molecule has 0 aliphatic heterocycles. The smallest absolute Gasteiger partial charge is 0.436 e. The van der Waals surface area contributed by atoms with Gasteiger partial charge in [-0.1, -0.05) is 6.92 Å². The van der Waals surface area contributed by atoms with Gasteiger partial charge in [0.15, 0.2) is 17.3 Å². The van der Waals surface area contributed by atoms with E-state index in [1.54, 1.807) is 29.8 Å². The van der Waals surface area contributed by atoms with Gasteiger partial charge >= 0.3 is 6.18 Å². The fourth-order valence-corrected chi connectivity index (χ4v) is 2.76. The molecule has 148 valence electrons. The van der Waals surface area contributed by atoms with Crippen molar-refractivity contribution in [3.8, 4) is 5.75 Å². The monoisotopic (exact) mass is 395 g/mol. The molecule has 0 radical (unpaired) electrons. The molecule has 0 saturated heterocycles. The number of imidazole rings is 1. The Bertz CT molecular complexity index is 1030. The van der Waals surface area contributed by atoms with E-state index in [1.165, 1.54) is 0 Å². The Hall–Kier alpha value is -2.97. The Balaban J connectivity index is 1.97. The van der Waals surface area contributed by atoms with E-state index in [1.807, 2.05) is 6.92 Å². The molecule has 0 saturated carbocycles. The van der Waals surface area contributed by atoms with E-state index in [0.29, 0.717) is 29.6 Å². The SMILES string of the molecule is CCOc1cc2nc(CC)cn2cc1CC(=O)c1ccc(F)c(C(F)(F)F)n1. The third-order valence-corrected chi connectivity index (χ3v) is 4.10. The Kier molecular flexibility index (Phi) is 5.35. The van der Waals surface area contributed by atoms with Gasteiger partial charge < -0.3 is 9.14 Å². The van der Waals surface area contributed by atoms with Crippen molar-refractivity contribution in [3.05, 3.63) is 59.1 Å². The van der Waals surface area contributed by atoms with Gasteiger partial charge in [0.2, 0.25) is 0 Å². The van der Waals surface area contributed by atoms with Gasteiger partial charge in [-0.3, -0.25) is 4.79 Å². The van der Waals surface area contributed by atoms with E-state index in [2.05, 4.69) is 9.97 Å². The largest absolute Gasteiger partial charge is 0.493 e. The second kappa shape index (κ2) is 7.57. The predicted molar refractivity (Wildman–Crippen MR) is 93.0 cm³/mol. The molecular weight excluding hydrogens is 378 g/mol. The summed E-state index contributed by atoms with van der Waals surface area (Å²) in [6.07, 6.45) is -1.06. The Morgan fingerprint density at radius 2 is 1.93 bits per heavy atom. The molecule has 28 heavy (non-hydrogen) atoms. The molecule has 0 amide bonds. The molecule has 5 nitrogen and oxygen atoms in total. The highest BCUT2D eigenvalue weighted by molar-refractivity contribution is 5.96. The lowest BCUT2D eigenvalue weighted by Crippen LogP contribution is -2.16. The van der Waals surface area contributed by atoms with Gasteiger partial charge in [0.25, 0.3) is 0 Å². The summed E-state index contributed by atoms with van der Waals surface area (Å²) in [5, 5.41) is 0. The van der Waals surface area contributed by atoms with E-state index < -0.39 is 29.2 Å². The number of ether oxygens (including phenoxy) is 1. The van der Waals surface area contributed by atoms with Gasteiger partial charge in [-0.15, -0.1) is 0 Å². The van der Waals surface area contributed by atoms with Crippen molar-refractivity contribution < 1.29 is 27.1 Å². The van der Waals surface area contributed by atoms with Crippen LogP contribution >= 0.6 is 0 Å². The normalized spacial score (nSPS) is 11.8. The zero-order chi connectivity index (χ0) is 20.5. The number of fused-ring (bicyclic) bond motifs is 1. The maximum Gasteiger partial charge on any atom is 0.436 e. The fraction of sp³-hybridized carbons (Fsp3) is 0.316. The number of carbonyl (C=O) groups excluding carboxylic acids is 1. The molecule has 3 heterocycles. The van der Waals surface area contributed by atoms with Crippen LogP contribution in [0.15, 0.2) is 30.6 Å². The number of halogens is 4. The highest BCUT2D eigenvalue weighted by atomic mass is 19.4. The fourth-order valence-electron chi connectivity index (χ4n) is 2.76. The van der Waals surface area contributed by atoms with Crippen molar-refractivity contribution in [2.45, 2.75) is 32.9 Å². The number of alkyl halides is 3. The minimum Gasteiger partial charge on any atom is -0.493 e. The van der Waals surface area contributed by atoms with Gasteiger partial charge in [0.05, 0.1) is 12.3 Å². The van der Waals surface area contributed by atoms with Gasteiger partial charge in [-0.25, -0.2) is 14.4 Å². The summed E-state index contributed by atoms with van der Waals surface area (Å²) >= 11 is 0. The van der Waals surface area contributed by atoms with Crippen molar-refractivity contribution in [3.63, 3.8) is 0 Å². The molecule has 0 fully saturated rings. The van der Waals surface area contributed by atoms with Crippen LogP contribution in [0, 0.1) is 5.82 Å². The minimum atomic E-state index is -4.98. The first-order chi connectivity index (χ1) is 13.2. The molecule has 3 aromatic heterocycles. The summed E-state index contributed by atoms with van der Waals surface area (Å²) in [4.78, 5) is 20.1. The molecule has 3 rings (SSSR count). The average Bonchev–Trinajstić information content (AvgIpc) is 3.03. The summed E-state index contributed by atoms with van der Waals surface area (Å²) in [6, 6.07) is 3.21. The number of rotatable bonds is 6. The van der Waals surface area contributed by atoms with Gasteiger partial charge in [0.1, 0.15) is 17.1 Å². The molecular formula is C19H17F4N3O2. The van der Waals surface area contributed by atoms with Crippen molar-refractivity contribution in [1.82, 2.24) is 14.4 Å². The predicted octanol–water partition coefficient (Wildman–Crippen LogP) is 4.27. The highest BCUT2D eigenvalue weighted by Gasteiger charge is 2.36. The summed E-state index contributed by atoms with van der Waals surface area (Å²) in [6.45, 7) is 4.07. The van der Waals surface area contributed by atoms with Crippen LogP contribution < -0.4 is 4.74 Å². The van der Waals surface area contributed by atoms with Gasteiger partial charge in [0, 0.05) is 30.4 Å². The number of pyridine rings is 2. The lowest BCUT2D eigenvalue weighted by molar-refractivity contribution is -0.143. The first-order valence-corrected chi connectivity index (χ1v) is 8.63. The molecule has 3 aromatic rings. The van der Waals surface area contributed by atoms with E-state index >= 15 is 0 Å². The second-order valence-electron chi connectivity index (χ2n) is 6.07. The second-order valence-corrected chi connectivity index (χ2v) is 6.07. The van der Waals surface area contributed by atoms with Crippen LogP contribution in [0.2, 0.25) is 0 Å². The average molecular weight is 395 g/mol. The van der Waals surface area contributed by atoms with E-state index in [-0.39, 0.29) is 6.42 Å². The molecule has 0 aromatic carbocycles. The van der Waals surface area contributed by atoms with Gasteiger partial charge in [-0.05, 0) is 25.5 Å². The maximum atomic E-state index is 13.4. The Labute approximate surface area is 158 Å². The van der Waals surface area contributed by atoms with Crippen LogP contribution in [0.1, 0.15) is 41.3 Å². The third-order valence-electron chi connectivity index (χ3n) is 4.10. The standard InChI is InChI=1S/C19H17F4N3O2/c1-3-12-10-26-9-11(16(28-4-2)8-17(26)24-12)7-15(27)14-6-5-13(20)18(25-14)19(21,22)23/h5-6,8-10H,3-4,7H2,1-2H3. The molecule has 0 spiro atoms. The zero-order valence-electron chi connectivity index (χ0n) is 15.2. The van der Waals surface area contributed by atoms with Crippen LogP contribution in [0.5, 0.6) is 5.75 Å². The Morgan fingerprint density at radius 1 is 1.18 bits per heavy atom. The summed E-state index contributed by atoms with van der Waals surface area (Å²) in [5.74, 6) is -1.79. The molecule has 9 heteroatoms. The molecule has 0 N–H and O–H groups in total. The Morgan fingerprint density at radius 3 is 2.57 bits per heavy atom. The number of carbonyl (C=O) groups is 1. The minimum absolute atomic E-state index is 0.249. The van der Waals surface area contributed by atoms with E-state index in [4.69, 9.17) is 4.74 Å². The molecule has 0 bridgehead atoms. The molecule has 0 aliphatic carbocycles. The number of ketones is 1. The zero-order valence-corrected chi connectivity index (χ0v) is 15.2. The van der Waals surface area contributed by atoms with Crippen LogP contribution in [0.3, 0.4) is 0 Å². The number of Topliss-reactive ketones (excluding diaryl/α,β-unsaturated/α-hetero) is 1. The summed E-state index contributed by atoms with van der Waals surface area (Å²) in [5.41, 5.74) is -0.215. The van der Waals surface area contributed by atoms with Crippen molar-refractivity contribution in [2.24, 2.45) is 0 Å². The number of hydrogen-bond acceptors (Lipinski definition) is 4. The highest BCUT2D eigenvalue weighted by Crippen LogP contribution is 2.30. The van der Waals surface area contributed by atoms with Gasteiger partial charge in [-0.2, -0.15) is 13.2 Å². The van der Waals surface area contributed by atoms with Crippen molar-refractivity contribution in [2.75, 3.05) is 6.61 Å². The molecule has 0 atom stereocenters. The molecule has 0 aliphatic rings. The molecule has 0 unspecified atom stereocenters.